The summed E-state index contributed by atoms with van der Waals surface area (Å²) in [4.78, 5) is 24.8. The van der Waals surface area contributed by atoms with E-state index in [0.717, 1.165) is 5.56 Å². The van der Waals surface area contributed by atoms with E-state index in [-0.39, 0.29) is 46.8 Å². The monoisotopic (exact) mass is 418 g/mol. The van der Waals surface area contributed by atoms with Gasteiger partial charge in [0.1, 0.15) is 13.2 Å². The lowest BCUT2D eigenvalue weighted by atomic mass is 10.1. The van der Waals surface area contributed by atoms with Crippen LogP contribution in [-0.4, -0.2) is 45.2 Å². The molecule has 0 aliphatic carbocycles. The van der Waals surface area contributed by atoms with E-state index in [2.05, 4.69) is 4.72 Å². The fourth-order valence-corrected chi connectivity index (χ4v) is 4.55. The second-order valence-corrected chi connectivity index (χ2v) is 8.35. The molecule has 29 heavy (non-hydrogen) atoms. The Morgan fingerprint density at radius 1 is 1.10 bits per heavy atom. The standard InChI is InChI=1S/C19H18N2O7S/c1-11(22)21-5-4-12-8-13(2-3-16(12)21)29(25,26)20-15-10-18-17(27-6-7-28-18)9-14(15)19(23)24/h2-3,8-10,20H,4-7H2,1H3,(H,23,24). The van der Waals surface area contributed by atoms with Gasteiger partial charge >= 0.3 is 5.97 Å². The van der Waals surface area contributed by atoms with E-state index < -0.39 is 16.0 Å². The van der Waals surface area contributed by atoms with Gasteiger partial charge < -0.3 is 19.5 Å². The number of amides is 1. The Hall–Kier alpha value is -3.27. The Bertz CT molecular complexity index is 1130. The van der Waals surface area contributed by atoms with Crippen molar-refractivity contribution in [3.05, 3.63) is 41.5 Å². The van der Waals surface area contributed by atoms with E-state index >= 15 is 0 Å². The molecule has 0 bridgehead atoms. The summed E-state index contributed by atoms with van der Waals surface area (Å²) in [7, 11) is -4.07. The summed E-state index contributed by atoms with van der Waals surface area (Å²) in [6, 6.07) is 7.02. The molecule has 0 saturated carbocycles. The van der Waals surface area contributed by atoms with Gasteiger partial charge in [-0.25, -0.2) is 13.2 Å². The summed E-state index contributed by atoms with van der Waals surface area (Å²) in [5.41, 5.74) is 1.06. The highest BCUT2D eigenvalue weighted by Gasteiger charge is 2.27. The molecule has 1 amide bonds. The smallest absolute Gasteiger partial charge is 0.337 e. The molecule has 10 heteroatoms. The quantitative estimate of drug-likeness (QED) is 0.777. The first-order chi connectivity index (χ1) is 13.8. The zero-order chi connectivity index (χ0) is 20.8. The minimum Gasteiger partial charge on any atom is -0.486 e. The van der Waals surface area contributed by atoms with Crippen LogP contribution >= 0.6 is 0 Å². The molecule has 9 nitrogen and oxygen atoms in total. The van der Waals surface area contributed by atoms with Crippen LogP contribution in [-0.2, 0) is 21.2 Å². The number of nitrogens with one attached hydrogen (secondary N) is 1. The predicted molar refractivity (Wildman–Crippen MR) is 103 cm³/mol. The van der Waals surface area contributed by atoms with Crippen molar-refractivity contribution in [1.29, 1.82) is 0 Å². The second-order valence-electron chi connectivity index (χ2n) is 6.66. The maximum absolute atomic E-state index is 12.9. The van der Waals surface area contributed by atoms with E-state index in [9.17, 15) is 23.1 Å². The number of fused-ring (bicyclic) bond motifs is 2. The molecule has 0 spiro atoms. The average Bonchev–Trinajstić information content (AvgIpc) is 3.10. The average molecular weight is 418 g/mol. The molecule has 2 aliphatic heterocycles. The highest BCUT2D eigenvalue weighted by atomic mass is 32.2. The molecule has 0 radical (unpaired) electrons. The lowest BCUT2D eigenvalue weighted by Gasteiger charge is -2.21. The van der Waals surface area contributed by atoms with Gasteiger partial charge in [0.2, 0.25) is 5.91 Å². The predicted octanol–water partition coefficient (Wildman–Crippen LogP) is 1.87. The second kappa shape index (κ2) is 6.96. The van der Waals surface area contributed by atoms with Crippen molar-refractivity contribution < 1.29 is 32.6 Å². The number of anilines is 2. The molecule has 2 aliphatic rings. The van der Waals surface area contributed by atoms with Gasteiger partial charge in [-0.1, -0.05) is 0 Å². The van der Waals surface area contributed by atoms with Crippen molar-refractivity contribution in [2.24, 2.45) is 0 Å². The number of hydrogen-bond donors (Lipinski definition) is 2. The van der Waals surface area contributed by atoms with Gasteiger partial charge in [0.05, 0.1) is 16.1 Å². The number of carboxylic acids is 1. The molecule has 2 aromatic carbocycles. The lowest BCUT2D eigenvalue weighted by molar-refractivity contribution is -0.116. The SMILES string of the molecule is CC(=O)N1CCc2cc(S(=O)(=O)Nc3cc4c(cc3C(=O)O)OCCO4)ccc21. The van der Waals surface area contributed by atoms with Gasteiger partial charge in [-0.15, -0.1) is 0 Å². The number of rotatable bonds is 4. The minimum absolute atomic E-state index is 0.0205. The van der Waals surface area contributed by atoms with Gasteiger partial charge in [-0.2, -0.15) is 0 Å². The van der Waals surface area contributed by atoms with Crippen LogP contribution in [0.15, 0.2) is 35.2 Å². The van der Waals surface area contributed by atoms with Crippen LogP contribution in [0.25, 0.3) is 0 Å². The van der Waals surface area contributed by atoms with Crippen molar-refractivity contribution >= 4 is 33.3 Å². The first kappa shape index (κ1) is 19.1. The minimum atomic E-state index is -4.07. The van der Waals surface area contributed by atoms with Gasteiger partial charge in [0.15, 0.2) is 11.5 Å². The summed E-state index contributed by atoms with van der Waals surface area (Å²) in [5, 5.41) is 9.47. The summed E-state index contributed by atoms with van der Waals surface area (Å²) in [6.07, 6.45) is 0.544. The number of carbonyl (C=O) groups excluding carboxylic acids is 1. The van der Waals surface area contributed by atoms with E-state index in [0.29, 0.717) is 18.7 Å². The molecular formula is C19H18N2O7S. The van der Waals surface area contributed by atoms with Crippen LogP contribution in [0.1, 0.15) is 22.8 Å². The fourth-order valence-electron chi connectivity index (χ4n) is 3.43. The van der Waals surface area contributed by atoms with Crippen LogP contribution in [0.4, 0.5) is 11.4 Å². The summed E-state index contributed by atoms with van der Waals surface area (Å²) in [5.74, 6) is -0.894. The maximum atomic E-state index is 12.9. The molecule has 0 unspecified atom stereocenters. The molecule has 0 atom stereocenters. The van der Waals surface area contributed by atoms with Crippen LogP contribution in [0, 0.1) is 0 Å². The van der Waals surface area contributed by atoms with Crippen molar-refractivity contribution in [2.75, 3.05) is 29.4 Å². The summed E-state index contributed by atoms with van der Waals surface area (Å²) in [6.45, 7) is 2.51. The lowest BCUT2D eigenvalue weighted by Crippen LogP contribution is -2.25. The first-order valence-electron chi connectivity index (χ1n) is 8.87. The molecule has 0 saturated heterocycles. The normalized spacial score (nSPS) is 15.0. The van der Waals surface area contributed by atoms with E-state index in [1.54, 1.807) is 11.0 Å². The highest BCUT2D eigenvalue weighted by molar-refractivity contribution is 7.92. The first-order valence-corrected chi connectivity index (χ1v) is 10.4. The molecule has 2 aromatic rings. The van der Waals surface area contributed by atoms with Crippen LogP contribution in [0.3, 0.4) is 0 Å². The number of nitrogens with zero attached hydrogens (tertiary/aromatic N) is 1. The Kier molecular flexibility index (Phi) is 4.58. The van der Waals surface area contributed by atoms with Crippen LogP contribution in [0.5, 0.6) is 11.5 Å². The number of sulfonamides is 1. The van der Waals surface area contributed by atoms with Crippen molar-refractivity contribution in [1.82, 2.24) is 0 Å². The Morgan fingerprint density at radius 3 is 2.45 bits per heavy atom. The maximum Gasteiger partial charge on any atom is 0.337 e. The third-order valence-corrected chi connectivity index (χ3v) is 6.16. The number of ether oxygens (including phenoxy) is 2. The molecular weight excluding hydrogens is 400 g/mol. The summed E-state index contributed by atoms with van der Waals surface area (Å²) >= 11 is 0. The van der Waals surface area contributed by atoms with E-state index in [1.165, 1.54) is 31.2 Å². The zero-order valence-corrected chi connectivity index (χ0v) is 16.3. The Balaban J connectivity index is 1.69. The molecule has 0 aromatic heterocycles. The molecule has 4 rings (SSSR count). The molecule has 2 heterocycles. The van der Waals surface area contributed by atoms with Crippen molar-refractivity contribution in [3.63, 3.8) is 0 Å². The van der Waals surface area contributed by atoms with Crippen LogP contribution in [0.2, 0.25) is 0 Å². The Morgan fingerprint density at radius 2 is 1.79 bits per heavy atom. The summed E-state index contributed by atoms with van der Waals surface area (Å²) < 4.78 is 38.9. The molecule has 0 fully saturated rings. The van der Waals surface area contributed by atoms with Gasteiger partial charge in [0.25, 0.3) is 10.0 Å². The number of carbonyl (C=O) groups is 2. The number of benzene rings is 2. The third kappa shape index (κ3) is 3.46. The fraction of sp³-hybridized carbons (Fsp3) is 0.263. The zero-order valence-electron chi connectivity index (χ0n) is 15.5. The van der Waals surface area contributed by atoms with Gasteiger partial charge in [-0.05, 0) is 30.2 Å². The van der Waals surface area contributed by atoms with Gasteiger partial charge in [0, 0.05) is 31.3 Å². The number of aromatic carboxylic acids is 1. The third-order valence-electron chi connectivity index (χ3n) is 4.79. The molecule has 2 N–H and O–H groups in total. The van der Waals surface area contributed by atoms with Crippen molar-refractivity contribution in [2.45, 2.75) is 18.2 Å². The highest BCUT2D eigenvalue weighted by Crippen LogP contribution is 2.37. The van der Waals surface area contributed by atoms with Crippen LogP contribution < -0.4 is 19.1 Å². The topological polar surface area (TPSA) is 122 Å². The Labute approximate surface area is 166 Å². The van der Waals surface area contributed by atoms with Crippen molar-refractivity contribution in [3.8, 4) is 11.5 Å². The van der Waals surface area contributed by atoms with Gasteiger partial charge in [-0.3, -0.25) is 9.52 Å². The molecule has 152 valence electrons. The number of carboxylic acid groups (broad SMARTS) is 1. The number of hydrogen-bond acceptors (Lipinski definition) is 6. The van der Waals surface area contributed by atoms with E-state index in [1.807, 2.05) is 0 Å². The van der Waals surface area contributed by atoms with E-state index in [4.69, 9.17) is 9.47 Å². The largest absolute Gasteiger partial charge is 0.486 e.